The molecule has 8 heteroatoms. The molecule has 0 aliphatic carbocycles. The van der Waals surface area contributed by atoms with Gasteiger partial charge in [-0.1, -0.05) is 0 Å². The minimum atomic E-state index is 0.0536. The maximum Gasteiger partial charge on any atom is 0.272 e. The minimum absolute atomic E-state index is 0.0536. The number of piperidine rings is 2. The second kappa shape index (κ2) is 7.93. The van der Waals surface area contributed by atoms with E-state index in [0.717, 1.165) is 50.3 Å². The number of nitrogens with zero attached hydrogens (tertiary/aromatic N) is 6. The van der Waals surface area contributed by atoms with Gasteiger partial charge in [-0.2, -0.15) is 5.10 Å². The zero-order valence-corrected chi connectivity index (χ0v) is 17.2. The number of aromatic nitrogens is 4. The summed E-state index contributed by atoms with van der Waals surface area (Å²) < 4.78 is 1.75. The Morgan fingerprint density at radius 3 is 2.66 bits per heavy atom. The molecule has 2 aliphatic rings. The quantitative estimate of drug-likeness (QED) is 0.790. The number of hydrogen-bond acceptors (Lipinski definition) is 5. The number of hydrogen-bond donors (Lipinski definition) is 0. The average molecular weight is 396 g/mol. The Bertz CT molecular complexity index is 883. The van der Waals surface area contributed by atoms with E-state index in [0.29, 0.717) is 25.2 Å². The van der Waals surface area contributed by atoms with E-state index in [1.54, 1.807) is 29.3 Å². The summed E-state index contributed by atoms with van der Waals surface area (Å²) in [7, 11) is 0. The van der Waals surface area contributed by atoms with Gasteiger partial charge < -0.3 is 9.80 Å². The molecule has 0 aromatic carbocycles. The lowest BCUT2D eigenvalue weighted by molar-refractivity contribution is -0.139. The highest BCUT2D eigenvalue weighted by molar-refractivity contribution is 5.92. The van der Waals surface area contributed by atoms with Crippen LogP contribution in [0.3, 0.4) is 0 Å². The van der Waals surface area contributed by atoms with Gasteiger partial charge in [-0.25, -0.2) is 0 Å². The molecule has 2 aromatic heterocycles. The van der Waals surface area contributed by atoms with Crippen molar-refractivity contribution >= 4 is 11.8 Å². The Kier molecular flexibility index (Phi) is 5.34. The first-order valence-electron chi connectivity index (χ1n) is 10.4. The predicted molar refractivity (Wildman–Crippen MR) is 107 cm³/mol. The van der Waals surface area contributed by atoms with Crippen molar-refractivity contribution in [3.8, 4) is 0 Å². The highest BCUT2D eigenvalue weighted by Crippen LogP contribution is 2.40. The molecule has 0 N–H and O–H groups in total. The molecule has 2 fully saturated rings. The van der Waals surface area contributed by atoms with Crippen molar-refractivity contribution in [2.75, 3.05) is 19.6 Å². The van der Waals surface area contributed by atoms with E-state index in [9.17, 15) is 9.59 Å². The molecule has 2 amide bonds. The first-order valence-corrected chi connectivity index (χ1v) is 10.4. The van der Waals surface area contributed by atoms with E-state index in [-0.39, 0.29) is 17.2 Å². The number of aryl methyl sites for hydroxylation is 2. The standard InChI is InChI=1S/C21H28N6O2/c1-3-27-18(5-9-24-27)20(29)25-10-7-21(8-11-25)6-4-19(28)26(15-21)14-17-13-22-16(2)12-23-17/h5,9,12-13H,3-4,6-8,10-11,14-15H2,1-2H3. The summed E-state index contributed by atoms with van der Waals surface area (Å²) in [5.41, 5.74) is 2.44. The fraction of sp³-hybridized carbons (Fsp3) is 0.571. The molecule has 8 nitrogen and oxygen atoms in total. The Morgan fingerprint density at radius 2 is 1.97 bits per heavy atom. The zero-order chi connectivity index (χ0) is 20.4. The normalized spacial score (nSPS) is 19.0. The molecule has 0 atom stereocenters. The van der Waals surface area contributed by atoms with Crippen molar-refractivity contribution in [1.29, 1.82) is 0 Å². The molecule has 4 rings (SSSR count). The van der Waals surface area contributed by atoms with Crippen molar-refractivity contribution < 1.29 is 9.59 Å². The molecule has 4 heterocycles. The van der Waals surface area contributed by atoms with E-state index in [1.807, 2.05) is 23.6 Å². The second-order valence-corrected chi connectivity index (χ2v) is 8.22. The van der Waals surface area contributed by atoms with Crippen LogP contribution in [0.15, 0.2) is 24.7 Å². The minimum Gasteiger partial charge on any atom is -0.337 e. The molecule has 0 radical (unpaired) electrons. The fourth-order valence-electron chi connectivity index (χ4n) is 4.46. The smallest absolute Gasteiger partial charge is 0.272 e. The van der Waals surface area contributed by atoms with Crippen LogP contribution in [0.25, 0.3) is 0 Å². The van der Waals surface area contributed by atoms with Crippen LogP contribution in [-0.2, 0) is 17.9 Å². The number of carbonyl (C=O) groups is 2. The van der Waals surface area contributed by atoms with Crippen molar-refractivity contribution in [3.05, 3.63) is 41.7 Å². The largest absolute Gasteiger partial charge is 0.337 e. The first-order chi connectivity index (χ1) is 14.0. The maximum atomic E-state index is 12.9. The first kappa shape index (κ1) is 19.5. The lowest BCUT2D eigenvalue weighted by Gasteiger charge is -2.47. The second-order valence-electron chi connectivity index (χ2n) is 8.22. The Labute approximate surface area is 170 Å². The number of rotatable bonds is 4. The number of likely N-dealkylation sites (tertiary alicyclic amines) is 2. The Morgan fingerprint density at radius 1 is 1.17 bits per heavy atom. The molecular formula is C21H28N6O2. The molecule has 0 bridgehead atoms. The molecule has 0 saturated carbocycles. The summed E-state index contributed by atoms with van der Waals surface area (Å²) in [4.78, 5) is 37.9. The SMILES string of the molecule is CCn1nccc1C(=O)N1CCC2(CCC(=O)N(Cc3cnc(C)cn3)C2)CC1. The highest BCUT2D eigenvalue weighted by atomic mass is 16.2. The lowest BCUT2D eigenvalue weighted by atomic mass is 9.72. The van der Waals surface area contributed by atoms with E-state index in [2.05, 4.69) is 15.1 Å². The van der Waals surface area contributed by atoms with Crippen molar-refractivity contribution in [3.63, 3.8) is 0 Å². The monoisotopic (exact) mass is 396 g/mol. The molecule has 154 valence electrons. The van der Waals surface area contributed by atoms with Crippen LogP contribution >= 0.6 is 0 Å². The molecular weight excluding hydrogens is 368 g/mol. The highest BCUT2D eigenvalue weighted by Gasteiger charge is 2.42. The van der Waals surface area contributed by atoms with E-state index in [1.165, 1.54) is 0 Å². The van der Waals surface area contributed by atoms with Crippen LogP contribution in [0, 0.1) is 12.3 Å². The summed E-state index contributed by atoms with van der Waals surface area (Å²) in [6.45, 7) is 7.26. The average Bonchev–Trinajstić information content (AvgIpc) is 3.21. The van der Waals surface area contributed by atoms with Crippen LogP contribution in [0.2, 0.25) is 0 Å². The molecule has 2 aromatic rings. The van der Waals surface area contributed by atoms with Gasteiger partial charge in [0.2, 0.25) is 5.91 Å². The van der Waals surface area contributed by atoms with Gasteiger partial charge in [0.25, 0.3) is 5.91 Å². The molecule has 2 saturated heterocycles. The van der Waals surface area contributed by atoms with E-state index < -0.39 is 0 Å². The summed E-state index contributed by atoms with van der Waals surface area (Å²) in [6, 6.07) is 1.79. The summed E-state index contributed by atoms with van der Waals surface area (Å²) >= 11 is 0. The molecule has 2 aliphatic heterocycles. The molecule has 0 unspecified atom stereocenters. The summed E-state index contributed by atoms with van der Waals surface area (Å²) in [6.07, 6.45) is 8.48. The molecule has 29 heavy (non-hydrogen) atoms. The third-order valence-corrected chi connectivity index (χ3v) is 6.28. The fourth-order valence-corrected chi connectivity index (χ4v) is 4.46. The topological polar surface area (TPSA) is 84.2 Å². The molecule has 1 spiro atoms. The van der Waals surface area contributed by atoms with Crippen LogP contribution in [0.4, 0.5) is 0 Å². The third-order valence-electron chi connectivity index (χ3n) is 6.28. The van der Waals surface area contributed by atoms with Gasteiger partial charge in [0.15, 0.2) is 0 Å². The van der Waals surface area contributed by atoms with Crippen LogP contribution in [-0.4, -0.2) is 61.0 Å². The third kappa shape index (κ3) is 4.02. The predicted octanol–water partition coefficient (Wildman–Crippen LogP) is 2.05. The Balaban J connectivity index is 1.40. The van der Waals surface area contributed by atoms with E-state index in [4.69, 9.17) is 0 Å². The number of amides is 2. The van der Waals surface area contributed by atoms with Crippen molar-refractivity contribution in [2.45, 2.75) is 52.6 Å². The van der Waals surface area contributed by atoms with Gasteiger partial charge in [-0.3, -0.25) is 24.2 Å². The summed E-state index contributed by atoms with van der Waals surface area (Å²) in [5, 5.41) is 4.21. The van der Waals surface area contributed by atoms with Crippen LogP contribution in [0.5, 0.6) is 0 Å². The van der Waals surface area contributed by atoms with Gasteiger partial charge in [0.05, 0.1) is 24.1 Å². The van der Waals surface area contributed by atoms with Crippen LogP contribution in [0.1, 0.15) is 54.5 Å². The van der Waals surface area contributed by atoms with Gasteiger partial charge >= 0.3 is 0 Å². The summed E-state index contributed by atoms with van der Waals surface area (Å²) in [5.74, 6) is 0.237. The zero-order valence-electron chi connectivity index (χ0n) is 17.2. The number of carbonyl (C=O) groups excluding carboxylic acids is 2. The van der Waals surface area contributed by atoms with Gasteiger partial charge in [-0.05, 0) is 44.6 Å². The van der Waals surface area contributed by atoms with Gasteiger partial charge in [-0.15, -0.1) is 0 Å². The Hall–Kier alpha value is -2.77. The van der Waals surface area contributed by atoms with E-state index >= 15 is 0 Å². The maximum absolute atomic E-state index is 12.9. The van der Waals surface area contributed by atoms with Crippen LogP contribution < -0.4 is 0 Å². The lowest BCUT2D eigenvalue weighted by Crippen LogP contribution is -2.52. The van der Waals surface area contributed by atoms with Gasteiger partial charge in [0, 0.05) is 45.0 Å². The van der Waals surface area contributed by atoms with Crippen molar-refractivity contribution in [1.82, 2.24) is 29.5 Å². The van der Waals surface area contributed by atoms with Gasteiger partial charge in [0.1, 0.15) is 5.69 Å². The van der Waals surface area contributed by atoms with Crippen molar-refractivity contribution in [2.24, 2.45) is 5.41 Å².